The number of halogens is 3. The summed E-state index contributed by atoms with van der Waals surface area (Å²) in [6, 6.07) is 16.4. The van der Waals surface area contributed by atoms with Crippen LogP contribution in [0.1, 0.15) is 11.1 Å². The Hall–Kier alpha value is -1.09. The minimum atomic E-state index is -0.719. The minimum absolute atomic E-state index is 0.201. The lowest BCUT2D eigenvalue weighted by Gasteiger charge is -2.30. The van der Waals surface area contributed by atoms with Crippen molar-refractivity contribution in [3.8, 4) is 0 Å². The number of rotatable bonds is 7. The summed E-state index contributed by atoms with van der Waals surface area (Å²) in [4.78, 5) is 0. The highest BCUT2D eigenvalue weighted by Crippen LogP contribution is 2.30. The van der Waals surface area contributed by atoms with Crippen LogP contribution in [0.25, 0.3) is 0 Å². The lowest BCUT2D eigenvalue weighted by molar-refractivity contribution is 0.0835. The van der Waals surface area contributed by atoms with Crippen molar-refractivity contribution in [2.75, 3.05) is 18.4 Å². The quantitative estimate of drug-likeness (QED) is 0.666. The van der Waals surface area contributed by atoms with Crippen LogP contribution in [-0.4, -0.2) is 18.4 Å². The Morgan fingerprint density at radius 3 is 2.14 bits per heavy atom. The number of alkyl halides is 2. The van der Waals surface area contributed by atoms with Crippen LogP contribution in [0, 0.1) is 5.82 Å². The van der Waals surface area contributed by atoms with E-state index in [0.717, 1.165) is 5.56 Å². The molecule has 2 aromatic rings. The maximum Gasteiger partial charge on any atom is 0.127 e. The fraction of sp³-hybridized carbons (Fsp3) is 0.294. The molecule has 0 N–H and O–H groups in total. The van der Waals surface area contributed by atoms with Crippen molar-refractivity contribution in [3.63, 3.8) is 0 Å². The number of hydrogen-bond acceptors (Lipinski definition) is 1. The number of hydrogen-bond donors (Lipinski definition) is 0. The van der Waals surface area contributed by atoms with Gasteiger partial charge in [0.05, 0.1) is 13.2 Å². The number of ether oxygens (including phenoxy) is 1. The molecule has 2 aromatic carbocycles. The van der Waals surface area contributed by atoms with Crippen molar-refractivity contribution >= 4 is 23.2 Å². The first-order chi connectivity index (χ1) is 10.2. The van der Waals surface area contributed by atoms with Crippen molar-refractivity contribution in [2.45, 2.75) is 12.0 Å². The number of benzene rings is 2. The largest absolute Gasteiger partial charge is 0.376 e. The minimum Gasteiger partial charge on any atom is -0.376 e. The van der Waals surface area contributed by atoms with Crippen molar-refractivity contribution in [2.24, 2.45) is 0 Å². The summed E-state index contributed by atoms with van der Waals surface area (Å²) in [5.74, 6) is 0.0976. The highest BCUT2D eigenvalue weighted by Gasteiger charge is 2.33. The zero-order valence-electron chi connectivity index (χ0n) is 11.6. The van der Waals surface area contributed by atoms with E-state index in [4.69, 9.17) is 27.9 Å². The van der Waals surface area contributed by atoms with Gasteiger partial charge in [-0.3, -0.25) is 0 Å². The average Bonchev–Trinajstić information content (AvgIpc) is 2.54. The maximum absolute atomic E-state index is 14.0. The van der Waals surface area contributed by atoms with Gasteiger partial charge in [-0.25, -0.2) is 4.39 Å². The smallest absolute Gasteiger partial charge is 0.127 e. The normalized spacial score (nSPS) is 11.6. The average molecular weight is 327 g/mol. The summed E-state index contributed by atoms with van der Waals surface area (Å²) >= 11 is 12.2. The maximum atomic E-state index is 14.0. The van der Waals surface area contributed by atoms with Crippen LogP contribution in [0.5, 0.6) is 0 Å². The van der Waals surface area contributed by atoms with Crippen LogP contribution in [0.4, 0.5) is 4.39 Å². The van der Waals surface area contributed by atoms with Gasteiger partial charge in [-0.15, -0.1) is 23.2 Å². The van der Waals surface area contributed by atoms with Crippen LogP contribution in [-0.2, 0) is 16.8 Å². The molecule has 21 heavy (non-hydrogen) atoms. The van der Waals surface area contributed by atoms with Gasteiger partial charge < -0.3 is 4.74 Å². The molecule has 0 fully saturated rings. The second kappa shape index (κ2) is 7.79. The van der Waals surface area contributed by atoms with Gasteiger partial charge in [0, 0.05) is 17.2 Å². The summed E-state index contributed by atoms with van der Waals surface area (Å²) in [7, 11) is 0. The van der Waals surface area contributed by atoms with E-state index >= 15 is 0 Å². The van der Waals surface area contributed by atoms with Crippen LogP contribution in [0.15, 0.2) is 54.6 Å². The van der Waals surface area contributed by atoms with E-state index in [9.17, 15) is 4.39 Å². The van der Waals surface area contributed by atoms with Crippen LogP contribution >= 0.6 is 23.2 Å². The van der Waals surface area contributed by atoms with E-state index in [2.05, 4.69) is 0 Å². The molecule has 1 nitrogen and oxygen atoms in total. The monoisotopic (exact) mass is 326 g/mol. The second-order valence-electron chi connectivity index (χ2n) is 5.01. The first kappa shape index (κ1) is 16.3. The van der Waals surface area contributed by atoms with Crippen molar-refractivity contribution in [1.29, 1.82) is 0 Å². The van der Waals surface area contributed by atoms with Gasteiger partial charge in [0.1, 0.15) is 5.82 Å². The van der Waals surface area contributed by atoms with Gasteiger partial charge in [-0.1, -0.05) is 48.5 Å². The van der Waals surface area contributed by atoms with E-state index < -0.39 is 5.41 Å². The van der Waals surface area contributed by atoms with Crippen molar-refractivity contribution in [1.82, 2.24) is 0 Å². The third-order valence-corrected chi connectivity index (χ3v) is 4.47. The molecule has 0 amide bonds. The van der Waals surface area contributed by atoms with Crippen LogP contribution in [0.2, 0.25) is 0 Å². The summed E-state index contributed by atoms with van der Waals surface area (Å²) in [6.45, 7) is 0.723. The summed E-state index contributed by atoms with van der Waals surface area (Å²) < 4.78 is 19.8. The predicted molar refractivity (Wildman–Crippen MR) is 85.6 cm³/mol. The lowest BCUT2D eigenvalue weighted by atomic mass is 9.84. The van der Waals surface area contributed by atoms with E-state index in [0.29, 0.717) is 12.2 Å². The van der Waals surface area contributed by atoms with Crippen LogP contribution < -0.4 is 0 Å². The summed E-state index contributed by atoms with van der Waals surface area (Å²) in [5, 5.41) is 0. The molecule has 0 saturated heterocycles. The van der Waals surface area contributed by atoms with E-state index in [1.54, 1.807) is 18.2 Å². The molecule has 0 saturated carbocycles. The second-order valence-corrected chi connectivity index (χ2v) is 5.54. The topological polar surface area (TPSA) is 9.23 Å². The molecule has 0 unspecified atom stereocenters. The van der Waals surface area contributed by atoms with E-state index in [-0.39, 0.29) is 24.2 Å². The summed E-state index contributed by atoms with van der Waals surface area (Å²) in [6.07, 6.45) is 0. The molecule has 0 aliphatic heterocycles. The molecule has 0 bridgehead atoms. The molecule has 0 aliphatic carbocycles. The SMILES string of the molecule is Fc1ccccc1C(CCl)(CCl)COCc1ccccc1. The van der Waals surface area contributed by atoms with Gasteiger partial charge in [-0.05, 0) is 17.2 Å². The third kappa shape index (κ3) is 3.97. The highest BCUT2D eigenvalue weighted by molar-refractivity contribution is 6.22. The molecule has 0 aliphatic rings. The molecular formula is C17H17Cl2FO. The van der Waals surface area contributed by atoms with Crippen molar-refractivity contribution in [3.05, 3.63) is 71.5 Å². The molecule has 0 atom stereocenters. The van der Waals surface area contributed by atoms with Gasteiger partial charge in [0.15, 0.2) is 0 Å². The fourth-order valence-electron chi connectivity index (χ4n) is 2.16. The molecule has 4 heteroatoms. The summed E-state index contributed by atoms with van der Waals surface area (Å²) in [5.41, 5.74) is 0.843. The Labute approximate surface area is 134 Å². The Morgan fingerprint density at radius 2 is 1.52 bits per heavy atom. The molecule has 0 aromatic heterocycles. The highest BCUT2D eigenvalue weighted by atomic mass is 35.5. The Balaban J connectivity index is 2.10. The fourth-order valence-corrected chi connectivity index (χ4v) is 2.89. The van der Waals surface area contributed by atoms with Gasteiger partial charge >= 0.3 is 0 Å². The Bertz CT molecular complexity index is 556. The standard InChI is InChI=1S/C17H17Cl2FO/c18-11-17(12-19,15-8-4-5-9-16(15)20)13-21-10-14-6-2-1-3-7-14/h1-9H,10-13H2. The van der Waals surface area contributed by atoms with Gasteiger partial charge in [-0.2, -0.15) is 0 Å². The first-order valence-corrected chi connectivity index (χ1v) is 7.77. The molecule has 0 radical (unpaired) electrons. The van der Waals surface area contributed by atoms with Crippen LogP contribution in [0.3, 0.4) is 0 Å². The van der Waals surface area contributed by atoms with E-state index in [1.165, 1.54) is 6.07 Å². The molecular weight excluding hydrogens is 310 g/mol. The molecule has 0 spiro atoms. The first-order valence-electron chi connectivity index (χ1n) is 6.70. The lowest BCUT2D eigenvalue weighted by Crippen LogP contribution is -2.37. The van der Waals surface area contributed by atoms with E-state index in [1.807, 2.05) is 30.3 Å². The van der Waals surface area contributed by atoms with Gasteiger partial charge in [0.2, 0.25) is 0 Å². The molecule has 2 rings (SSSR count). The molecule has 0 heterocycles. The zero-order valence-corrected chi connectivity index (χ0v) is 13.1. The van der Waals surface area contributed by atoms with Crippen molar-refractivity contribution < 1.29 is 9.13 Å². The zero-order chi connectivity index (χ0) is 15.1. The third-order valence-electron chi connectivity index (χ3n) is 3.45. The molecule has 112 valence electrons. The Morgan fingerprint density at radius 1 is 0.905 bits per heavy atom. The van der Waals surface area contributed by atoms with Gasteiger partial charge in [0.25, 0.3) is 0 Å². The predicted octanol–water partition coefficient (Wildman–Crippen LogP) is 4.76. The Kier molecular flexibility index (Phi) is 6.04.